The Balaban J connectivity index is 1.26. The van der Waals surface area contributed by atoms with Crippen LogP contribution in [0.2, 0.25) is 0 Å². The minimum Gasteiger partial charge on any atom is -0.455 e. The molecule has 3 aromatic heterocycles. The Labute approximate surface area is 315 Å². The van der Waals surface area contributed by atoms with Crippen molar-refractivity contribution < 1.29 is 4.42 Å². The normalized spacial score (nSPS) is 11.6. The van der Waals surface area contributed by atoms with Crippen LogP contribution in [0.4, 0.5) is 0 Å². The van der Waals surface area contributed by atoms with Crippen LogP contribution < -0.4 is 0 Å². The predicted molar refractivity (Wildman–Crippen MR) is 223 cm³/mol. The second kappa shape index (κ2) is 11.8. The topological polar surface area (TPSA) is 70.6 Å². The molecule has 11 rings (SSSR count). The maximum atomic E-state index is 10.8. The van der Waals surface area contributed by atoms with Crippen LogP contribution in [0.25, 0.3) is 99.2 Å². The largest absolute Gasteiger partial charge is 0.455 e. The van der Waals surface area contributed by atoms with Crippen LogP contribution in [0.3, 0.4) is 0 Å². The molecule has 0 unspecified atom stereocenters. The van der Waals surface area contributed by atoms with E-state index >= 15 is 0 Å². The summed E-state index contributed by atoms with van der Waals surface area (Å²) in [7, 11) is 0. The lowest BCUT2D eigenvalue weighted by Gasteiger charge is -2.17. The van der Waals surface area contributed by atoms with Crippen molar-refractivity contribution in [3.05, 3.63) is 181 Å². The molecule has 0 N–H and O–H groups in total. The first-order valence-corrected chi connectivity index (χ1v) is 18.2. The van der Waals surface area contributed by atoms with Crippen LogP contribution in [-0.2, 0) is 0 Å². The van der Waals surface area contributed by atoms with E-state index < -0.39 is 0 Å². The number of nitrogens with zero attached hydrogens (tertiary/aromatic N) is 4. The van der Waals surface area contributed by atoms with E-state index in [1.165, 1.54) is 10.8 Å². The standard InChI is InChI=1S/C50H28N4O/c51-29-31-11-9-12-32(25-31)36-17-10-18-37(43(36)30-52)33-26-34(53-44-19-5-1-13-38(44)39-14-2-6-20-45(39)53)28-35(27-33)54-46-21-7-3-16-42(46)49-47(54)24-23-41-40-15-4-8-22-48(40)55-50(41)49/h1-28H. The van der Waals surface area contributed by atoms with E-state index in [1.807, 2.05) is 48.5 Å². The van der Waals surface area contributed by atoms with Gasteiger partial charge in [0.1, 0.15) is 17.2 Å². The first-order chi connectivity index (χ1) is 27.2. The van der Waals surface area contributed by atoms with Crippen molar-refractivity contribution in [3.8, 4) is 45.8 Å². The van der Waals surface area contributed by atoms with Gasteiger partial charge in [-0.1, -0.05) is 103 Å². The molecule has 5 heteroatoms. The van der Waals surface area contributed by atoms with Crippen molar-refractivity contribution in [1.82, 2.24) is 9.13 Å². The van der Waals surface area contributed by atoms with Crippen LogP contribution >= 0.6 is 0 Å². The maximum absolute atomic E-state index is 10.8. The van der Waals surface area contributed by atoms with Gasteiger partial charge in [0.15, 0.2) is 0 Å². The van der Waals surface area contributed by atoms with Gasteiger partial charge in [-0.25, -0.2) is 0 Å². The van der Waals surface area contributed by atoms with E-state index in [-0.39, 0.29) is 0 Å². The molecule has 55 heavy (non-hydrogen) atoms. The second-order valence-electron chi connectivity index (χ2n) is 13.9. The van der Waals surface area contributed by atoms with Crippen molar-refractivity contribution in [2.75, 3.05) is 0 Å². The predicted octanol–water partition coefficient (Wildman–Crippen LogP) is 12.9. The fourth-order valence-electron chi connectivity index (χ4n) is 8.63. The number of hydrogen-bond donors (Lipinski definition) is 0. The highest BCUT2D eigenvalue weighted by Gasteiger charge is 2.22. The molecule has 11 aromatic rings. The molecule has 0 saturated heterocycles. The van der Waals surface area contributed by atoms with Gasteiger partial charge in [-0.2, -0.15) is 10.5 Å². The molecule has 0 fully saturated rings. The van der Waals surface area contributed by atoms with E-state index in [4.69, 9.17) is 4.42 Å². The van der Waals surface area contributed by atoms with Gasteiger partial charge in [0.05, 0.1) is 44.6 Å². The molecule has 0 saturated carbocycles. The molecule has 0 spiro atoms. The molecule has 254 valence electrons. The molecule has 0 amide bonds. The highest BCUT2D eigenvalue weighted by molar-refractivity contribution is 6.24. The molecule has 0 atom stereocenters. The number of hydrogen-bond acceptors (Lipinski definition) is 3. The third-order valence-electron chi connectivity index (χ3n) is 11.0. The first-order valence-electron chi connectivity index (χ1n) is 18.2. The smallest absolute Gasteiger partial charge is 0.145 e. The lowest BCUT2D eigenvalue weighted by molar-refractivity contribution is 0.673. The molecule has 8 aromatic carbocycles. The highest BCUT2D eigenvalue weighted by atomic mass is 16.3. The lowest BCUT2D eigenvalue weighted by Crippen LogP contribution is -2.01. The van der Waals surface area contributed by atoms with Crippen LogP contribution in [0.1, 0.15) is 11.1 Å². The number of fused-ring (bicyclic) bond motifs is 10. The van der Waals surface area contributed by atoms with E-state index in [2.05, 4.69) is 137 Å². The SMILES string of the molecule is N#Cc1cccc(-c2cccc(-c3cc(-n4c5ccccc5c5ccccc54)cc(-n4c5ccccc5c5c6oc7ccccc7c6ccc54)c3)c2C#N)c1. The summed E-state index contributed by atoms with van der Waals surface area (Å²) in [5.41, 5.74) is 12.4. The van der Waals surface area contributed by atoms with Crippen molar-refractivity contribution in [1.29, 1.82) is 10.5 Å². The van der Waals surface area contributed by atoms with Gasteiger partial charge in [-0.05, 0) is 77.9 Å². The summed E-state index contributed by atoms with van der Waals surface area (Å²) in [4.78, 5) is 0. The Hall–Kier alpha value is -7.86. The van der Waals surface area contributed by atoms with Gasteiger partial charge >= 0.3 is 0 Å². The summed E-state index contributed by atoms with van der Waals surface area (Å²) in [5, 5.41) is 27.2. The summed E-state index contributed by atoms with van der Waals surface area (Å²) in [6.07, 6.45) is 0. The van der Waals surface area contributed by atoms with Crippen molar-refractivity contribution >= 4 is 65.6 Å². The minimum atomic E-state index is 0.548. The van der Waals surface area contributed by atoms with E-state index in [0.717, 1.165) is 88.4 Å². The summed E-state index contributed by atoms with van der Waals surface area (Å²) < 4.78 is 11.3. The van der Waals surface area contributed by atoms with Gasteiger partial charge in [0.25, 0.3) is 0 Å². The van der Waals surface area contributed by atoms with Gasteiger partial charge in [-0.15, -0.1) is 0 Å². The average Bonchev–Trinajstić information content (AvgIpc) is 3.91. The molecule has 0 bridgehead atoms. The zero-order valence-electron chi connectivity index (χ0n) is 29.4. The van der Waals surface area contributed by atoms with Crippen LogP contribution in [0.5, 0.6) is 0 Å². The highest BCUT2D eigenvalue weighted by Crippen LogP contribution is 2.43. The Kier molecular flexibility index (Phi) is 6.61. The molecule has 0 aliphatic carbocycles. The minimum absolute atomic E-state index is 0.548. The zero-order valence-corrected chi connectivity index (χ0v) is 29.4. The number of aromatic nitrogens is 2. The fourth-order valence-corrected chi connectivity index (χ4v) is 8.63. The van der Waals surface area contributed by atoms with E-state index in [9.17, 15) is 10.5 Å². The molecule has 0 aliphatic heterocycles. The molecule has 3 heterocycles. The van der Waals surface area contributed by atoms with Crippen molar-refractivity contribution in [2.45, 2.75) is 0 Å². The molecular weight excluding hydrogens is 673 g/mol. The first kappa shape index (κ1) is 30.7. The zero-order chi connectivity index (χ0) is 36.6. The van der Waals surface area contributed by atoms with Gasteiger partial charge < -0.3 is 13.6 Å². The quantitative estimate of drug-likeness (QED) is 0.183. The Morgan fingerprint density at radius 2 is 1.00 bits per heavy atom. The fraction of sp³-hybridized carbons (Fsp3) is 0. The summed E-state index contributed by atoms with van der Waals surface area (Å²) in [6.45, 7) is 0. The van der Waals surface area contributed by atoms with Gasteiger partial charge in [-0.3, -0.25) is 0 Å². The average molecular weight is 701 g/mol. The summed E-state index contributed by atoms with van der Waals surface area (Å²) in [5.74, 6) is 0. The van der Waals surface area contributed by atoms with Crippen LogP contribution in [0, 0.1) is 22.7 Å². The van der Waals surface area contributed by atoms with Crippen molar-refractivity contribution in [3.63, 3.8) is 0 Å². The number of nitriles is 2. The molecular formula is C50H28N4O. The van der Waals surface area contributed by atoms with Crippen LogP contribution in [-0.4, -0.2) is 9.13 Å². The Morgan fingerprint density at radius 1 is 0.418 bits per heavy atom. The number of benzene rings is 8. The van der Waals surface area contributed by atoms with Gasteiger partial charge in [0.2, 0.25) is 0 Å². The van der Waals surface area contributed by atoms with Crippen molar-refractivity contribution in [2.24, 2.45) is 0 Å². The number of rotatable bonds is 4. The van der Waals surface area contributed by atoms with E-state index in [1.54, 1.807) is 6.07 Å². The van der Waals surface area contributed by atoms with Crippen LogP contribution in [0.15, 0.2) is 174 Å². The third kappa shape index (κ3) is 4.51. The van der Waals surface area contributed by atoms with E-state index in [0.29, 0.717) is 11.1 Å². The molecule has 0 aliphatic rings. The monoisotopic (exact) mass is 700 g/mol. The lowest BCUT2D eigenvalue weighted by atomic mass is 9.91. The summed E-state index contributed by atoms with van der Waals surface area (Å²) >= 11 is 0. The Morgan fingerprint density at radius 3 is 1.69 bits per heavy atom. The second-order valence-corrected chi connectivity index (χ2v) is 13.9. The Bertz CT molecular complexity index is 3420. The van der Waals surface area contributed by atoms with Gasteiger partial charge in [0, 0.05) is 49.4 Å². The number of para-hydroxylation sites is 4. The summed E-state index contributed by atoms with van der Waals surface area (Å²) in [6, 6.07) is 63.0. The third-order valence-corrected chi connectivity index (χ3v) is 11.0. The molecule has 5 nitrogen and oxygen atoms in total. The number of furan rings is 1. The molecule has 0 radical (unpaired) electrons. The maximum Gasteiger partial charge on any atom is 0.145 e.